The van der Waals surface area contributed by atoms with Crippen molar-refractivity contribution in [3.63, 3.8) is 0 Å². The molecule has 43 heavy (non-hydrogen) atoms. The molecular weight excluding hydrogens is 566 g/mol. The summed E-state index contributed by atoms with van der Waals surface area (Å²) in [5.41, 5.74) is 3.09. The van der Waals surface area contributed by atoms with Gasteiger partial charge in [-0.3, -0.25) is 13.9 Å². The maximum Gasteiger partial charge on any atom is 0.244 e. The van der Waals surface area contributed by atoms with Crippen molar-refractivity contribution >= 4 is 27.5 Å². The minimum absolute atomic E-state index is 0.138. The van der Waals surface area contributed by atoms with Crippen LogP contribution < -0.4 is 19.1 Å². The number of carbonyl (C=O) groups excluding carboxylic acids is 2. The van der Waals surface area contributed by atoms with Gasteiger partial charge in [0.05, 0.1) is 11.4 Å². The van der Waals surface area contributed by atoms with Gasteiger partial charge in [-0.25, -0.2) is 8.42 Å². The molecule has 0 aromatic heterocycles. The van der Waals surface area contributed by atoms with Gasteiger partial charge in [0.15, 0.2) is 11.5 Å². The molecule has 10 heteroatoms. The highest BCUT2D eigenvalue weighted by Gasteiger charge is 2.34. The molecule has 1 unspecified atom stereocenters. The topological polar surface area (TPSA) is 105 Å². The number of nitrogens with zero attached hydrogens (tertiary/aromatic N) is 2. The maximum absolute atomic E-state index is 14.3. The number of hydrogen-bond donors (Lipinski definition) is 1. The molecule has 3 aromatic carbocycles. The summed E-state index contributed by atoms with van der Waals surface area (Å²) in [6.45, 7) is 6.45. The molecule has 230 valence electrons. The maximum atomic E-state index is 14.3. The molecule has 2 amide bonds. The second-order valence-corrected chi connectivity index (χ2v) is 12.8. The van der Waals surface area contributed by atoms with E-state index < -0.39 is 28.5 Å². The fourth-order valence-electron chi connectivity index (χ4n) is 4.86. The van der Waals surface area contributed by atoms with E-state index in [4.69, 9.17) is 9.47 Å². The number of anilines is 1. The highest BCUT2D eigenvalue weighted by Crippen LogP contribution is 2.35. The average Bonchev–Trinajstić information content (AvgIpc) is 3.02. The van der Waals surface area contributed by atoms with Gasteiger partial charge in [-0.15, -0.1) is 0 Å². The number of amides is 2. The molecule has 4 rings (SSSR count). The summed E-state index contributed by atoms with van der Waals surface area (Å²) >= 11 is 0. The van der Waals surface area contributed by atoms with Crippen molar-refractivity contribution in [3.05, 3.63) is 89.5 Å². The van der Waals surface area contributed by atoms with Crippen LogP contribution in [-0.2, 0) is 32.6 Å². The minimum atomic E-state index is -3.88. The van der Waals surface area contributed by atoms with E-state index in [0.717, 1.165) is 33.8 Å². The molecule has 9 nitrogen and oxygen atoms in total. The fourth-order valence-corrected chi connectivity index (χ4v) is 5.91. The summed E-state index contributed by atoms with van der Waals surface area (Å²) in [6.07, 6.45) is 2.00. The lowest BCUT2D eigenvalue weighted by Crippen LogP contribution is -2.53. The number of aryl methyl sites for hydroxylation is 1. The molecule has 0 saturated carbocycles. The first kappa shape index (κ1) is 31.9. The van der Waals surface area contributed by atoms with Crippen LogP contribution in [0.3, 0.4) is 0 Å². The molecule has 0 saturated heterocycles. The summed E-state index contributed by atoms with van der Waals surface area (Å²) in [6, 6.07) is 21.3. The van der Waals surface area contributed by atoms with Gasteiger partial charge < -0.3 is 19.7 Å². The van der Waals surface area contributed by atoms with Gasteiger partial charge in [0.25, 0.3) is 0 Å². The van der Waals surface area contributed by atoms with Crippen LogP contribution in [0.15, 0.2) is 72.8 Å². The van der Waals surface area contributed by atoms with Crippen molar-refractivity contribution in [1.29, 1.82) is 0 Å². The Kier molecular flexibility index (Phi) is 11.1. The molecule has 0 radical (unpaired) electrons. The van der Waals surface area contributed by atoms with Crippen LogP contribution in [0.25, 0.3) is 0 Å². The highest BCUT2D eigenvalue weighted by molar-refractivity contribution is 7.92. The zero-order chi connectivity index (χ0) is 30.8. The van der Waals surface area contributed by atoms with Crippen molar-refractivity contribution < 1.29 is 27.5 Å². The zero-order valence-electron chi connectivity index (χ0n) is 25.1. The number of rotatable bonds is 14. The molecular formula is C33H41N3O6S. The number of hydrogen-bond acceptors (Lipinski definition) is 6. The minimum Gasteiger partial charge on any atom is -0.486 e. The number of unbranched alkanes of at least 4 members (excludes halogenated alkanes) is 1. The van der Waals surface area contributed by atoms with E-state index in [2.05, 4.69) is 5.32 Å². The molecule has 0 spiro atoms. The number of fused-ring (bicyclic) bond motifs is 1. The van der Waals surface area contributed by atoms with E-state index >= 15 is 0 Å². The average molecular weight is 608 g/mol. The standard InChI is InChI=1S/C33H41N3O6S/c1-4-6-18-34-33(38)29(21-26-10-8-7-9-11-26)35(23-27-14-12-25(3)13-15-27)32(37)24-36(43(39,40)5-2)28-16-17-30-31(22-28)42-20-19-41-30/h7-17,22,29H,4-6,18-21,23-24H2,1-3H3,(H,34,38). The Bertz CT molecular complexity index is 1480. The Balaban J connectivity index is 1.72. The van der Waals surface area contributed by atoms with Crippen LogP contribution in [0.2, 0.25) is 0 Å². The third-order valence-corrected chi connectivity index (χ3v) is 9.11. The quantitative estimate of drug-likeness (QED) is 0.271. The Hall–Kier alpha value is -4.05. The van der Waals surface area contributed by atoms with Gasteiger partial charge >= 0.3 is 0 Å². The van der Waals surface area contributed by atoms with Crippen molar-refractivity contribution in [2.24, 2.45) is 0 Å². The molecule has 1 aliphatic heterocycles. The van der Waals surface area contributed by atoms with E-state index in [-0.39, 0.29) is 24.6 Å². The second kappa shape index (κ2) is 14.9. The Morgan fingerprint density at radius 2 is 1.60 bits per heavy atom. The molecule has 1 heterocycles. The van der Waals surface area contributed by atoms with Crippen LogP contribution in [0.4, 0.5) is 5.69 Å². The Morgan fingerprint density at radius 1 is 0.907 bits per heavy atom. The number of nitrogens with one attached hydrogen (secondary N) is 1. The van der Waals surface area contributed by atoms with Crippen LogP contribution >= 0.6 is 0 Å². The second-order valence-electron chi connectivity index (χ2n) is 10.6. The van der Waals surface area contributed by atoms with Gasteiger partial charge in [0.2, 0.25) is 21.8 Å². The number of ether oxygens (including phenoxy) is 2. The van der Waals surface area contributed by atoms with Crippen LogP contribution in [0.5, 0.6) is 11.5 Å². The van der Waals surface area contributed by atoms with Gasteiger partial charge in [-0.1, -0.05) is 73.5 Å². The third-order valence-electron chi connectivity index (χ3n) is 7.37. The molecule has 1 atom stereocenters. The van der Waals surface area contributed by atoms with Gasteiger partial charge in [0, 0.05) is 25.6 Å². The SMILES string of the molecule is CCCCNC(=O)C(Cc1ccccc1)N(Cc1ccc(C)cc1)C(=O)CN(c1ccc2c(c1)OCCO2)S(=O)(=O)CC. The monoisotopic (exact) mass is 607 g/mol. The lowest BCUT2D eigenvalue weighted by molar-refractivity contribution is -0.140. The summed E-state index contributed by atoms with van der Waals surface area (Å²) in [5.74, 6) is -0.0392. The van der Waals surface area contributed by atoms with Crippen molar-refractivity contribution in [2.75, 3.05) is 36.4 Å². The number of benzene rings is 3. The smallest absolute Gasteiger partial charge is 0.244 e. The van der Waals surface area contributed by atoms with E-state index in [0.29, 0.717) is 36.9 Å². The third kappa shape index (κ3) is 8.50. The molecule has 3 aromatic rings. The predicted octanol–water partition coefficient (Wildman–Crippen LogP) is 4.48. The summed E-state index contributed by atoms with van der Waals surface area (Å²) in [5, 5.41) is 3.00. The van der Waals surface area contributed by atoms with Crippen molar-refractivity contribution in [1.82, 2.24) is 10.2 Å². The first-order valence-corrected chi connectivity index (χ1v) is 16.4. The van der Waals surface area contributed by atoms with E-state index in [1.165, 1.54) is 11.8 Å². The van der Waals surface area contributed by atoms with Crippen molar-refractivity contribution in [2.45, 2.75) is 52.6 Å². The van der Waals surface area contributed by atoms with Crippen LogP contribution in [-0.4, -0.2) is 63.2 Å². The van der Waals surface area contributed by atoms with E-state index in [9.17, 15) is 18.0 Å². The molecule has 0 bridgehead atoms. The summed E-state index contributed by atoms with van der Waals surface area (Å²) in [7, 11) is -3.88. The van der Waals surface area contributed by atoms with Gasteiger partial charge in [0.1, 0.15) is 25.8 Å². The molecule has 1 aliphatic rings. The van der Waals surface area contributed by atoms with Crippen LogP contribution in [0.1, 0.15) is 43.4 Å². The van der Waals surface area contributed by atoms with Gasteiger partial charge in [-0.05, 0) is 43.5 Å². The Labute approximate surface area is 254 Å². The number of sulfonamides is 1. The first-order valence-electron chi connectivity index (χ1n) is 14.8. The summed E-state index contributed by atoms with van der Waals surface area (Å²) in [4.78, 5) is 29.5. The fraction of sp³-hybridized carbons (Fsp3) is 0.394. The van der Waals surface area contributed by atoms with E-state index in [1.54, 1.807) is 18.2 Å². The zero-order valence-corrected chi connectivity index (χ0v) is 25.9. The lowest BCUT2D eigenvalue weighted by Gasteiger charge is -2.34. The predicted molar refractivity (Wildman–Crippen MR) is 168 cm³/mol. The normalized spacial score (nSPS) is 13.2. The van der Waals surface area contributed by atoms with Crippen LogP contribution in [0, 0.1) is 6.92 Å². The van der Waals surface area contributed by atoms with E-state index in [1.807, 2.05) is 68.4 Å². The lowest BCUT2D eigenvalue weighted by atomic mass is 10.0. The summed E-state index contributed by atoms with van der Waals surface area (Å²) < 4.78 is 39.2. The number of carbonyl (C=O) groups is 2. The molecule has 0 aliphatic carbocycles. The van der Waals surface area contributed by atoms with Gasteiger partial charge in [-0.2, -0.15) is 0 Å². The highest BCUT2D eigenvalue weighted by atomic mass is 32.2. The largest absolute Gasteiger partial charge is 0.486 e. The Morgan fingerprint density at radius 3 is 2.28 bits per heavy atom. The molecule has 0 fully saturated rings. The van der Waals surface area contributed by atoms with Crippen molar-refractivity contribution in [3.8, 4) is 11.5 Å². The first-order chi connectivity index (χ1) is 20.7. The molecule has 1 N–H and O–H groups in total.